The van der Waals surface area contributed by atoms with Gasteiger partial charge in [-0.15, -0.1) is 0 Å². The number of methoxy groups -OCH3 is 2. The minimum absolute atomic E-state index is 0.211. The maximum atomic E-state index is 12.9. The third kappa shape index (κ3) is 4.55. The SMILES string of the molecule is COc1ccc(CCN2C(=O)c3ccc(C(=O)NCc4ccccn4)cc3C2=O)cc1OC. The van der Waals surface area contributed by atoms with E-state index in [2.05, 4.69) is 10.3 Å². The Kier molecular flexibility index (Phi) is 6.35. The van der Waals surface area contributed by atoms with Crippen LogP contribution in [0.15, 0.2) is 60.8 Å². The van der Waals surface area contributed by atoms with E-state index in [-0.39, 0.29) is 30.5 Å². The summed E-state index contributed by atoms with van der Waals surface area (Å²) in [6, 6.07) is 15.5. The summed E-state index contributed by atoms with van der Waals surface area (Å²) < 4.78 is 10.5. The van der Waals surface area contributed by atoms with Crippen molar-refractivity contribution in [3.8, 4) is 11.5 Å². The van der Waals surface area contributed by atoms with Gasteiger partial charge in [0, 0.05) is 18.3 Å². The lowest BCUT2D eigenvalue weighted by Gasteiger charge is -2.14. The van der Waals surface area contributed by atoms with Gasteiger partial charge in [0.2, 0.25) is 0 Å². The minimum atomic E-state index is -0.408. The number of amides is 3. The summed E-state index contributed by atoms with van der Waals surface area (Å²) in [5.41, 5.74) is 2.47. The van der Waals surface area contributed by atoms with Gasteiger partial charge in [0.1, 0.15) is 0 Å². The van der Waals surface area contributed by atoms with Gasteiger partial charge < -0.3 is 14.8 Å². The molecule has 0 radical (unpaired) electrons. The van der Waals surface area contributed by atoms with E-state index in [1.165, 1.54) is 17.0 Å². The molecule has 0 atom stereocenters. The fraction of sp³-hybridized carbons (Fsp3) is 0.200. The molecule has 1 N–H and O–H groups in total. The molecule has 8 nitrogen and oxygen atoms in total. The highest BCUT2D eigenvalue weighted by Gasteiger charge is 2.35. The number of benzene rings is 2. The summed E-state index contributed by atoms with van der Waals surface area (Å²) in [7, 11) is 3.11. The lowest BCUT2D eigenvalue weighted by molar-refractivity contribution is 0.0656. The summed E-state index contributed by atoms with van der Waals surface area (Å²) in [5, 5.41) is 2.78. The molecule has 33 heavy (non-hydrogen) atoms. The van der Waals surface area contributed by atoms with Crippen LogP contribution in [0.4, 0.5) is 0 Å². The molecule has 3 amide bonds. The Bertz CT molecular complexity index is 1210. The molecule has 0 unspecified atom stereocenters. The van der Waals surface area contributed by atoms with E-state index in [4.69, 9.17) is 9.47 Å². The molecule has 0 spiro atoms. The number of aromatic nitrogens is 1. The number of imide groups is 1. The number of pyridine rings is 1. The smallest absolute Gasteiger partial charge is 0.261 e. The number of fused-ring (bicyclic) bond motifs is 1. The van der Waals surface area contributed by atoms with Crippen LogP contribution >= 0.6 is 0 Å². The monoisotopic (exact) mass is 445 g/mol. The zero-order chi connectivity index (χ0) is 23.4. The van der Waals surface area contributed by atoms with Gasteiger partial charge in [0.05, 0.1) is 37.6 Å². The first-order chi connectivity index (χ1) is 16.0. The molecule has 1 aliphatic rings. The van der Waals surface area contributed by atoms with Gasteiger partial charge >= 0.3 is 0 Å². The third-order valence-electron chi connectivity index (χ3n) is 5.46. The molecule has 8 heteroatoms. The number of ether oxygens (including phenoxy) is 2. The van der Waals surface area contributed by atoms with Gasteiger partial charge in [0.25, 0.3) is 17.7 Å². The molecule has 0 saturated heterocycles. The van der Waals surface area contributed by atoms with Crippen LogP contribution in [0.2, 0.25) is 0 Å². The Hall–Kier alpha value is -4.20. The van der Waals surface area contributed by atoms with E-state index in [0.29, 0.717) is 29.0 Å². The van der Waals surface area contributed by atoms with Gasteiger partial charge in [-0.05, 0) is 54.4 Å². The minimum Gasteiger partial charge on any atom is -0.493 e. The van der Waals surface area contributed by atoms with Crippen LogP contribution in [0.1, 0.15) is 42.3 Å². The molecule has 168 valence electrons. The van der Waals surface area contributed by atoms with Crippen molar-refractivity contribution in [3.63, 3.8) is 0 Å². The fourth-order valence-electron chi connectivity index (χ4n) is 3.69. The normalized spacial score (nSPS) is 12.5. The second-order valence-corrected chi connectivity index (χ2v) is 7.47. The number of nitrogens with zero attached hydrogens (tertiary/aromatic N) is 2. The topological polar surface area (TPSA) is 97.8 Å². The van der Waals surface area contributed by atoms with Crippen LogP contribution in [0.25, 0.3) is 0 Å². The highest BCUT2D eigenvalue weighted by atomic mass is 16.5. The standard InChI is InChI=1S/C25H23N3O5/c1-32-21-9-6-16(13-22(21)33-2)10-12-28-24(30)19-8-7-17(14-20(19)25(28)31)23(29)27-15-18-5-3-4-11-26-18/h3-9,11,13-14H,10,12,15H2,1-2H3,(H,27,29). The van der Waals surface area contributed by atoms with Gasteiger partial charge in [-0.1, -0.05) is 12.1 Å². The summed E-state index contributed by atoms with van der Waals surface area (Å²) in [5.74, 6) is 0.0767. The molecule has 1 aliphatic heterocycles. The van der Waals surface area contributed by atoms with Crippen LogP contribution in [-0.2, 0) is 13.0 Å². The number of hydrogen-bond donors (Lipinski definition) is 1. The van der Waals surface area contributed by atoms with Crippen LogP contribution in [-0.4, -0.2) is 48.4 Å². The summed E-state index contributed by atoms with van der Waals surface area (Å²) in [4.78, 5) is 43.6. The summed E-state index contributed by atoms with van der Waals surface area (Å²) in [6.45, 7) is 0.476. The first-order valence-electron chi connectivity index (χ1n) is 10.4. The van der Waals surface area contributed by atoms with Crippen molar-refractivity contribution in [2.45, 2.75) is 13.0 Å². The average molecular weight is 445 g/mol. The zero-order valence-corrected chi connectivity index (χ0v) is 18.3. The van der Waals surface area contributed by atoms with Crippen LogP contribution in [0.3, 0.4) is 0 Å². The van der Waals surface area contributed by atoms with Crippen molar-refractivity contribution in [1.29, 1.82) is 0 Å². The van der Waals surface area contributed by atoms with Crippen LogP contribution < -0.4 is 14.8 Å². The molecule has 2 heterocycles. The predicted octanol–water partition coefficient (Wildman–Crippen LogP) is 2.87. The maximum Gasteiger partial charge on any atom is 0.261 e. The Morgan fingerprint density at radius 1 is 0.939 bits per heavy atom. The highest BCUT2D eigenvalue weighted by molar-refractivity contribution is 6.22. The molecule has 4 rings (SSSR count). The number of carbonyl (C=O) groups excluding carboxylic acids is 3. The first-order valence-corrected chi connectivity index (χ1v) is 10.4. The summed E-state index contributed by atoms with van der Waals surface area (Å²) >= 11 is 0. The molecule has 0 saturated carbocycles. The van der Waals surface area contributed by atoms with Crippen LogP contribution in [0, 0.1) is 0 Å². The molecular weight excluding hydrogens is 422 g/mol. The van der Waals surface area contributed by atoms with Gasteiger partial charge in [-0.3, -0.25) is 24.3 Å². The van der Waals surface area contributed by atoms with Gasteiger partial charge in [0.15, 0.2) is 11.5 Å². The second-order valence-electron chi connectivity index (χ2n) is 7.47. The number of hydrogen-bond acceptors (Lipinski definition) is 6. The summed E-state index contributed by atoms with van der Waals surface area (Å²) in [6.07, 6.45) is 2.11. The Labute approximate surface area is 191 Å². The van der Waals surface area contributed by atoms with Crippen molar-refractivity contribution in [1.82, 2.24) is 15.2 Å². The fourth-order valence-corrected chi connectivity index (χ4v) is 3.69. The number of nitrogens with one attached hydrogen (secondary N) is 1. The molecule has 0 fully saturated rings. The number of carbonyl (C=O) groups is 3. The van der Waals surface area contributed by atoms with E-state index in [0.717, 1.165) is 11.3 Å². The quantitative estimate of drug-likeness (QED) is 0.536. The highest BCUT2D eigenvalue weighted by Crippen LogP contribution is 2.29. The van der Waals surface area contributed by atoms with Crippen molar-refractivity contribution in [2.75, 3.05) is 20.8 Å². The molecule has 3 aromatic rings. The van der Waals surface area contributed by atoms with E-state index in [1.807, 2.05) is 18.2 Å². The maximum absolute atomic E-state index is 12.9. The van der Waals surface area contributed by atoms with Crippen LogP contribution in [0.5, 0.6) is 11.5 Å². The van der Waals surface area contributed by atoms with Gasteiger partial charge in [-0.2, -0.15) is 0 Å². The second kappa shape index (κ2) is 9.52. The third-order valence-corrected chi connectivity index (χ3v) is 5.46. The lowest BCUT2D eigenvalue weighted by Crippen LogP contribution is -2.31. The molecular formula is C25H23N3O5. The van der Waals surface area contributed by atoms with Crippen molar-refractivity contribution < 1.29 is 23.9 Å². The van der Waals surface area contributed by atoms with Gasteiger partial charge in [-0.25, -0.2) is 0 Å². The molecule has 0 aliphatic carbocycles. The average Bonchev–Trinajstić information content (AvgIpc) is 3.10. The Morgan fingerprint density at radius 3 is 2.45 bits per heavy atom. The van der Waals surface area contributed by atoms with E-state index < -0.39 is 5.91 Å². The van der Waals surface area contributed by atoms with Crippen molar-refractivity contribution >= 4 is 17.7 Å². The van der Waals surface area contributed by atoms with E-state index in [9.17, 15) is 14.4 Å². The number of rotatable bonds is 8. The Morgan fingerprint density at radius 2 is 1.73 bits per heavy atom. The van der Waals surface area contributed by atoms with E-state index >= 15 is 0 Å². The first kappa shape index (κ1) is 22.0. The van der Waals surface area contributed by atoms with Crippen molar-refractivity contribution in [2.24, 2.45) is 0 Å². The van der Waals surface area contributed by atoms with Crippen molar-refractivity contribution in [3.05, 3.63) is 88.7 Å². The predicted molar refractivity (Wildman–Crippen MR) is 120 cm³/mol. The zero-order valence-electron chi connectivity index (χ0n) is 18.3. The largest absolute Gasteiger partial charge is 0.493 e. The molecule has 0 bridgehead atoms. The molecule has 1 aromatic heterocycles. The Balaban J connectivity index is 1.44. The molecule has 2 aromatic carbocycles. The lowest BCUT2D eigenvalue weighted by atomic mass is 10.1. The van der Waals surface area contributed by atoms with E-state index in [1.54, 1.807) is 44.7 Å².